The van der Waals surface area contributed by atoms with Gasteiger partial charge in [-0.25, -0.2) is 4.98 Å². The van der Waals surface area contributed by atoms with Gasteiger partial charge >= 0.3 is 0 Å². The number of hydrogen-bond acceptors (Lipinski definition) is 7. The Morgan fingerprint density at radius 1 is 1.05 bits per heavy atom. The van der Waals surface area contributed by atoms with Gasteiger partial charge in [-0.1, -0.05) is 23.5 Å². The molecular weight excluding hydrogens is 666 g/mol. The number of benzene rings is 2. The van der Waals surface area contributed by atoms with Gasteiger partial charge in [0.05, 0.1) is 32.9 Å². The minimum absolute atomic E-state index is 0.121. The molecular formula is C27H21Br2N5O5S. The van der Waals surface area contributed by atoms with Gasteiger partial charge in [0.2, 0.25) is 5.43 Å². The largest absolute Gasteiger partial charge is 0.497 e. The van der Waals surface area contributed by atoms with Crippen LogP contribution in [0, 0.1) is 0 Å². The minimum Gasteiger partial charge on any atom is -0.497 e. The minimum atomic E-state index is -0.338. The summed E-state index contributed by atoms with van der Waals surface area (Å²) in [5.41, 5.74) is 2.57. The van der Waals surface area contributed by atoms with Gasteiger partial charge in [-0.3, -0.25) is 19.7 Å². The van der Waals surface area contributed by atoms with Crippen LogP contribution in [0.25, 0.3) is 10.2 Å². The molecule has 2 amide bonds. The van der Waals surface area contributed by atoms with Crippen LogP contribution in [-0.4, -0.2) is 33.9 Å². The van der Waals surface area contributed by atoms with E-state index in [9.17, 15) is 14.4 Å². The average molecular weight is 687 g/mol. The van der Waals surface area contributed by atoms with Crippen molar-refractivity contribution in [3.8, 4) is 11.5 Å². The molecule has 0 aliphatic rings. The number of aromatic amines is 2. The Morgan fingerprint density at radius 3 is 2.55 bits per heavy atom. The molecule has 3 heterocycles. The molecule has 0 unspecified atom stereocenters. The number of ether oxygens (including phenoxy) is 2. The number of nitrogens with one attached hydrogen (secondary N) is 4. The Morgan fingerprint density at radius 2 is 1.85 bits per heavy atom. The van der Waals surface area contributed by atoms with Crippen LogP contribution in [-0.2, 0) is 13.2 Å². The van der Waals surface area contributed by atoms with Crippen molar-refractivity contribution in [1.82, 2.24) is 20.3 Å². The van der Waals surface area contributed by atoms with Crippen molar-refractivity contribution in [2.24, 2.45) is 0 Å². The fourth-order valence-electron chi connectivity index (χ4n) is 3.69. The van der Waals surface area contributed by atoms with Crippen molar-refractivity contribution in [2.75, 3.05) is 12.4 Å². The number of carbonyl (C=O) groups is 2. The number of nitrogens with zero attached hydrogens (tertiary/aromatic N) is 1. The molecule has 204 valence electrons. The molecule has 3 aromatic heterocycles. The molecule has 0 bridgehead atoms. The van der Waals surface area contributed by atoms with E-state index in [0.29, 0.717) is 32.2 Å². The van der Waals surface area contributed by atoms with Crippen molar-refractivity contribution in [2.45, 2.75) is 13.2 Å². The lowest BCUT2D eigenvalue weighted by Crippen LogP contribution is -2.24. The molecule has 10 nitrogen and oxygen atoms in total. The summed E-state index contributed by atoms with van der Waals surface area (Å²) in [5, 5.41) is 5.97. The standard InChI is InChI=1S/C27H21Br2N5O5S/c1-38-17-5-2-14(3-6-17)13-39-22-12-30-16(9-21(22)35)11-31-25(36)15-4-7-19-23(8-15)40-27(33-19)34-26(37)20-10-18(28)24(29)32-20/h2-10,12,32H,11,13H2,1H3,(H,30,35)(H,31,36)(H,33,34,37). The fourth-order valence-corrected chi connectivity index (χ4v) is 5.24. The molecule has 13 heteroatoms. The van der Waals surface area contributed by atoms with E-state index in [-0.39, 0.29) is 36.1 Å². The second kappa shape index (κ2) is 12.1. The van der Waals surface area contributed by atoms with Gasteiger partial charge in [0.15, 0.2) is 10.9 Å². The zero-order valence-electron chi connectivity index (χ0n) is 20.8. The summed E-state index contributed by atoms with van der Waals surface area (Å²) in [5.74, 6) is 0.266. The topological polar surface area (TPSA) is 138 Å². The van der Waals surface area contributed by atoms with Crippen LogP contribution in [0.5, 0.6) is 11.5 Å². The monoisotopic (exact) mass is 685 g/mol. The molecule has 0 saturated carbocycles. The second-order valence-electron chi connectivity index (χ2n) is 8.51. The van der Waals surface area contributed by atoms with Crippen LogP contribution < -0.4 is 25.5 Å². The van der Waals surface area contributed by atoms with E-state index in [1.807, 2.05) is 24.3 Å². The fraction of sp³-hybridized carbons (Fsp3) is 0.111. The molecule has 5 rings (SSSR count). The van der Waals surface area contributed by atoms with Crippen molar-refractivity contribution in [1.29, 1.82) is 0 Å². The average Bonchev–Trinajstić information content (AvgIpc) is 3.52. The van der Waals surface area contributed by atoms with E-state index in [1.165, 1.54) is 23.6 Å². The Bertz CT molecular complexity index is 1740. The molecule has 5 aromatic rings. The van der Waals surface area contributed by atoms with E-state index in [4.69, 9.17) is 9.47 Å². The summed E-state index contributed by atoms with van der Waals surface area (Å²) in [6.07, 6.45) is 1.48. The van der Waals surface area contributed by atoms with Gasteiger partial charge in [-0.15, -0.1) is 0 Å². The number of thiazole rings is 1. The Balaban J connectivity index is 1.18. The number of hydrogen-bond donors (Lipinski definition) is 4. The number of amides is 2. The van der Waals surface area contributed by atoms with Gasteiger partial charge in [0, 0.05) is 23.5 Å². The van der Waals surface area contributed by atoms with Gasteiger partial charge in [-0.05, 0) is 73.8 Å². The first-order valence-electron chi connectivity index (χ1n) is 11.8. The summed E-state index contributed by atoms with van der Waals surface area (Å²) < 4.78 is 12.9. The molecule has 0 radical (unpaired) electrons. The SMILES string of the molecule is COc1ccc(COc2c[nH]c(CNC(=O)c3ccc4nc(NC(=O)c5cc(Br)c(Br)[nH]5)sc4c3)cc2=O)cc1. The lowest BCUT2D eigenvalue weighted by molar-refractivity contribution is 0.0949. The first kappa shape index (κ1) is 27.6. The molecule has 0 spiro atoms. The van der Waals surface area contributed by atoms with E-state index in [0.717, 1.165) is 20.5 Å². The van der Waals surface area contributed by atoms with Crippen LogP contribution in [0.2, 0.25) is 0 Å². The summed E-state index contributed by atoms with van der Waals surface area (Å²) in [4.78, 5) is 48.1. The van der Waals surface area contributed by atoms with Crippen LogP contribution in [0.15, 0.2) is 74.7 Å². The lowest BCUT2D eigenvalue weighted by Gasteiger charge is -2.09. The maximum atomic E-state index is 12.8. The van der Waals surface area contributed by atoms with Crippen molar-refractivity contribution in [3.63, 3.8) is 0 Å². The molecule has 4 N–H and O–H groups in total. The van der Waals surface area contributed by atoms with E-state index >= 15 is 0 Å². The molecule has 0 aliphatic heterocycles. The van der Waals surface area contributed by atoms with Gasteiger partial charge in [0.25, 0.3) is 11.8 Å². The number of fused-ring (bicyclic) bond motifs is 1. The highest BCUT2D eigenvalue weighted by Gasteiger charge is 2.15. The second-order valence-corrected chi connectivity index (χ2v) is 11.2. The smallest absolute Gasteiger partial charge is 0.273 e. The highest BCUT2D eigenvalue weighted by atomic mass is 79.9. The first-order valence-corrected chi connectivity index (χ1v) is 14.2. The highest BCUT2D eigenvalue weighted by molar-refractivity contribution is 9.13. The number of carbonyl (C=O) groups excluding carboxylic acids is 2. The zero-order valence-corrected chi connectivity index (χ0v) is 24.8. The van der Waals surface area contributed by atoms with Gasteiger partial charge in [-0.2, -0.15) is 0 Å². The molecule has 0 saturated heterocycles. The Hall–Kier alpha value is -3.94. The van der Waals surface area contributed by atoms with Crippen LogP contribution in [0.1, 0.15) is 32.1 Å². The number of halogens is 2. The Labute approximate surface area is 248 Å². The molecule has 0 fully saturated rings. The summed E-state index contributed by atoms with van der Waals surface area (Å²) in [7, 11) is 1.60. The predicted octanol–water partition coefficient (Wildman–Crippen LogP) is 5.61. The third-order valence-electron chi connectivity index (χ3n) is 5.77. The number of anilines is 1. The normalized spacial score (nSPS) is 10.9. The molecule has 0 atom stereocenters. The third-order valence-corrected chi connectivity index (χ3v) is 8.49. The predicted molar refractivity (Wildman–Crippen MR) is 159 cm³/mol. The van der Waals surface area contributed by atoms with Crippen molar-refractivity contribution >= 4 is 70.4 Å². The van der Waals surface area contributed by atoms with Crippen LogP contribution in [0.3, 0.4) is 0 Å². The summed E-state index contributed by atoms with van der Waals surface area (Å²) >= 11 is 7.91. The van der Waals surface area contributed by atoms with E-state index in [2.05, 4.69) is 57.4 Å². The van der Waals surface area contributed by atoms with Crippen molar-refractivity contribution in [3.05, 3.63) is 103 Å². The number of methoxy groups -OCH3 is 1. The number of H-pyrrole nitrogens is 2. The Kier molecular flexibility index (Phi) is 8.33. The van der Waals surface area contributed by atoms with Gasteiger partial charge < -0.3 is 24.8 Å². The number of aromatic nitrogens is 3. The third kappa shape index (κ3) is 6.43. The van der Waals surface area contributed by atoms with E-state index < -0.39 is 0 Å². The molecule has 2 aromatic carbocycles. The zero-order chi connectivity index (χ0) is 28.2. The first-order chi connectivity index (χ1) is 19.3. The molecule has 0 aliphatic carbocycles. The lowest BCUT2D eigenvalue weighted by atomic mass is 10.2. The molecule has 40 heavy (non-hydrogen) atoms. The summed E-state index contributed by atoms with van der Waals surface area (Å²) in [6.45, 7) is 0.353. The number of pyridine rings is 1. The highest BCUT2D eigenvalue weighted by Crippen LogP contribution is 2.28. The maximum absolute atomic E-state index is 12.8. The van der Waals surface area contributed by atoms with E-state index in [1.54, 1.807) is 31.4 Å². The van der Waals surface area contributed by atoms with Crippen LogP contribution >= 0.6 is 43.2 Å². The quantitative estimate of drug-likeness (QED) is 0.159. The van der Waals surface area contributed by atoms with Crippen molar-refractivity contribution < 1.29 is 19.1 Å². The summed E-state index contributed by atoms with van der Waals surface area (Å²) in [6, 6.07) is 15.5. The number of rotatable bonds is 9. The maximum Gasteiger partial charge on any atom is 0.273 e. The van der Waals surface area contributed by atoms with Gasteiger partial charge in [0.1, 0.15) is 18.1 Å². The van der Waals surface area contributed by atoms with Crippen LogP contribution in [0.4, 0.5) is 5.13 Å².